The number of oxime groups is 1. The van der Waals surface area contributed by atoms with Crippen LogP contribution in [0.2, 0.25) is 0 Å². The number of carbonyl (C=O) groups is 1. The highest BCUT2D eigenvalue weighted by molar-refractivity contribution is 5.91. The van der Waals surface area contributed by atoms with Gasteiger partial charge in [0.15, 0.2) is 0 Å². The molecule has 1 fully saturated rings. The lowest BCUT2D eigenvalue weighted by atomic mass is 10.2. The van der Waals surface area contributed by atoms with Gasteiger partial charge in [-0.25, -0.2) is 4.79 Å². The third kappa shape index (κ3) is 2.90. The Labute approximate surface area is 83.3 Å². The van der Waals surface area contributed by atoms with Gasteiger partial charge in [0.05, 0.1) is 12.3 Å². The van der Waals surface area contributed by atoms with Gasteiger partial charge in [0.1, 0.15) is 5.60 Å². The molecule has 0 aromatic heterocycles. The minimum absolute atomic E-state index is 0.351. The lowest BCUT2D eigenvalue weighted by Gasteiger charge is -2.23. The fraction of sp³-hybridized carbons (Fsp3) is 0.778. The predicted octanol–water partition coefficient (Wildman–Crippen LogP) is 1.46. The summed E-state index contributed by atoms with van der Waals surface area (Å²) in [4.78, 5) is 13.0. The minimum Gasteiger partial charge on any atom is -0.444 e. The molecule has 0 aromatic carbocycles. The first-order valence-electron chi connectivity index (χ1n) is 4.60. The van der Waals surface area contributed by atoms with E-state index in [1.54, 1.807) is 0 Å². The minimum atomic E-state index is -0.476. The maximum absolute atomic E-state index is 11.5. The van der Waals surface area contributed by atoms with Crippen molar-refractivity contribution >= 4 is 11.8 Å². The molecule has 0 saturated carbocycles. The molecule has 1 amide bonds. The first kappa shape index (κ1) is 10.8. The highest BCUT2D eigenvalue weighted by Crippen LogP contribution is 2.13. The number of amides is 1. The zero-order chi connectivity index (χ0) is 10.8. The molecular weight excluding hydrogens is 184 g/mol. The molecule has 0 spiro atoms. The lowest BCUT2D eigenvalue weighted by Crippen LogP contribution is -2.35. The second kappa shape index (κ2) is 3.86. The Morgan fingerprint density at radius 1 is 1.57 bits per heavy atom. The van der Waals surface area contributed by atoms with Gasteiger partial charge in [-0.05, 0) is 20.8 Å². The first-order chi connectivity index (χ1) is 6.42. The molecule has 1 aliphatic rings. The van der Waals surface area contributed by atoms with Crippen LogP contribution >= 0.6 is 0 Å². The van der Waals surface area contributed by atoms with E-state index in [0.717, 1.165) is 0 Å². The number of hydrogen-bond acceptors (Lipinski definition) is 4. The third-order valence-corrected chi connectivity index (χ3v) is 1.84. The van der Waals surface area contributed by atoms with E-state index in [9.17, 15) is 4.79 Å². The second-order valence-electron chi connectivity index (χ2n) is 4.32. The summed E-state index contributed by atoms with van der Waals surface area (Å²) >= 11 is 0. The maximum Gasteiger partial charge on any atom is 0.410 e. The molecule has 1 saturated heterocycles. The van der Waals surface area contributed by atoms with Crippen LogP contribution in [0.15, 0.2) is 5.16 Å². The van der Waals surface area contributed by atoms with Crippen LogP contribution in [-0.2, 0) is 4.74 Å². The molecule has 1 rings (SSSR count). The Kier molecular flexibility index (Phi) is 2.98. The van der Waals surface area contributed by atoms with Crippen molar-refractivity contribution in [2.45, 2.75) is 32.8 Å². The smallest absolute Gasteiger partial charge is 0.410 e. The fourth-order valence-corrected chi connectivity index (χ4v) is 1.21. The quantitative estimate of drug-likeness (QED) is 0.475. The van der Waals surface area contributed by atoms with Crippen molar-refractivity contribution in [1.82, 2.24) is 4.90 Å². The Hall–Kier alpha value is -1.26. The predicted molar refractivity (Wildman–Crippen MR) is 51.6 cm³/mol. The Morgan fingerprint density at radius 3 is 2.64 bits per heavy atom. The summed E-state index contributed by atoms with van der Waals surface area (Å²) < 4.78 is 5.16. The molecule has 80 valence electrons. The summed E-state index contributed by atoms with van der Waals surface area (Å²) in [6.07, 6.45) is 0.270. The van der Waals surface area contributed by atoms with Gasteiger partial charge in [-0.3, -0.25) is 0 Å². The van der Waals surface area contributed by atoms with Crippen molar-refractivity contribution in [3.63, 3.8) is 0 Å². The summed E-state index contributed by atoms with van der Waals surface area (Å²) in [6.45, 7) is 6.39. The van der Waals surface area contributed by atoms with E-state index < -0.39 is 5.60 Å². The van der Waals surface area contributed by atoms with Crippen LogP contribution in [-0.4, -0.2) is 40.6 Å². The summed E-state index contributed by atoms with van der Waals surface area (Å²) in [7, 11) is 0. The second-order valence-corrected chi connectivity index (χ2v) is 4.32. The molecule has 0 atom stereocenters. The van der Waals surface area contributed by atoms with Crippen LogP contribution in [0.3, 0.4) is 0 Å². The lowest BCUT2D eigenvalue weighted by molar-refractivity contribution is 0.0302. The molecule has 0 unspecified atom stereocenters. The van der Waals surface area contributed by atoms with E-state index in [2.05, 4.69) is 5.16 Å². The number of ether oxygens (including phenoxy) is 1. The maximum atomic E-state index is 11.5. The van der Waals surface area contributed by atoms with E-state index in [1.165, 1.54) is 4.90 Å². The summed E-state index contributed by atoms with van der Waals surface area (Å²) in [5.74, 6) is 0. The highest BCUT2D eigenvalue weighted by Gasteiger charge is 2.27. The van der Waals surface area contributed by atoms with Gasteiger partial charge < -0.3 is 14.8 Å². The molecule has 5 nitrogen and oxygen atoms in total. The largest absolute Gasteiger partial charge is 0.444 e. The Morgan fingerprint density at radius 2 is 2.21 bits per heavy atom. The van der Waals surface area contributed by atoms with E-state index in [4.69, 9.17) is 9.94 Å². The van der Waals surface area contributed by atoms with Crippen molar-refractivity contribution in [1.29, 1.82) is 0 Å². The fourth-order valence-electron chi connectivity index (χ4n) is 1.21. The van der Waals surface area contributed by atoms with Crippen LogP contribution < -0.4 is 0 Å². The number of rotatable bonds is 0. The number of nitrogens with zero attached hydrogens (tertiary/aromatic N) is 2. The third-order valence-electron chi connectivity index (χ3n) is 1.84. The van der Waals surface area contributed by atoms with E-state index in [0.29, 0.717) is 25.2 Å². The van der Waals surface area contributed by atoms with Crippen LogP contribution in [0, 0.1) is 0 Å². The molecule has 1 heterocycles. The number of hydrogen-bond donors (Lipinski definition) is 1. The van der Waals surface area contributed by atoms with E-state index in [-0.39, 0.29) is 6.09 Å². The standard InChI is InChI=1S/C9H16N2O3/c1-9(2,3)14-8(12)11-5-4-7(6-11)10-13/h13H,4-6H2,1-3H3/b10-7+. The normalized spacial score (nSPS) is 20.2. The van der Waals surface area contributed by atoms with Crippen molar-refractivity contribution < 1.29 is 14.7 Å². The van der Waals surface area contributed by atoms with E-state index >= 15 is 0 Å². The molecule has 0 bridgehead atoms. The number of carbonyl (C=O) groups excluding carboxylic acids is 1. The zero-order valence-corrected chi connectivity index (χ0v) is 8.78. The molecule has 14 heavy (non-hydrogen) atoms. The molecule has 1 aliphatic heterocycles. The van der Waals surface area contributed by atoms with Gasteiger partial charge in [-0.15, -0.1) is 0 Å². The summed E-state index contributed by atoms with van der Waals surface area (Å²) in [5, 5.41) is 11.6. The van der Waals surface area contributed by atoms with Crippen molar-refractivity contribution in [3.8, 4) is 0 Å². The average Bonchev–Trinajstić information content (AvgIpc) is 2.48. The monoisotopic (exact) mass is 200 g/mol. The molecule has 0 radical (unpaired) electrons. The number of likely N-dealkylation sites (tertiary alicyclic amines) is 1. The van der Waals surface area contributed by atoms with Gasteiger partial charge >= 0.3 is 6.09 Å². The van der Waals surface area contributed by atoms with Crippen molar-refractivity contribution in [2.24, 2.45) is 5.16 Å². The molecule has 0 aromatic rings. The van der Waals surface area contributed by atoms with Gasteiger partial charge in [-0.2, -0.15) is 0 Å². The van der Waals surface area contributed by atoms with Crippen molar-refractivity contribution in [2.75, 3.05) is 13.1 Å². The molecule has 5 heteroatoms. The van der Waals surface area contributed by atoms with E-state index in [1.807, 2.05) is 20.8 Å². The molecule has 1 N–H and O–H groups in total. The summed E-state index contributed by atoms with van der Waals surface area (Å²) in [5.41, 5.74) is 0.145. The Bertz CT molecular complexity index is 255. The molecular formula is C9H16N2O3. The van der Waals surface area contributed by atoms with Crippen LogP contribution in [0.25, 0.3) is 0 Å². The highest BCUT2D eigenvalue weighted by atomic mass is 16.6. The SMILES string of the molecule is CC(C)(C)OC(=O)N1CC/C(=N\O)C1. The molecule has 0 aliphatic carbocycles. The van der Waals surface area contributed by atoms with Crippen molar-refractivity contribution in [3.05, 3.63) is 0 Å². The average molecular weight is 200 g/mol. The zero-order valence-electron chi connectivity index (χ0n) is 8.78. The summed E-state index contributed by atoms with van der Waals surface area (Å²) in [6, 6.07) is 0. The van der Waals surface area contributed by atoms with Crippen LogP contribution in [0.4, 0.5) is 4.79 Å². The van der Waals surface area contributed by atoms with Gasteiger partial charge in [-0.1, -0.05) is 5.16 Å². The van der Waals surface area contributed by atoms with Crippen LogP contribution in [0.5, 0.6) is 0 Å². The Balaban J connectivity index is 2.48. The first-order valence-corrected chi connectivity index (χ1v) is 4.60. The van der Waals surface area contributed by atoms with Crippen LogP contribution in [0.1, 0.15) is 27.2 Å². The van der Waals surface area contributed by atoms with Gasteiger partial charge in [0.2, 0.25) is 0 Å². The topological polar surface area (TPSA) is 62.1 Å². The van der Waals surface area contributed by atoms with Gasteiger partial charge in [0.25, 0.3) is 0 Å². The van der Waals surface area contributed by atoms with Gasteiger partial charge in [0, 0.05) is 13.0 Å².